The first-order valence-electron chi connectivity index (χ1n) is 11.0. The second-order valence-electron chi connectivity index (χ2n) is 8.18. The van der Waals surface area contributed by atoms with Crippen LogP contribution in [0.1, 0.15) is 26.4 Å². The molecular formula is C27H26N2O5S2. The summed E-state index contributed by atoms with van der Waals surface area (Å²) >= 11 is 1.02. The number of nitrogens with one attached hydrogen (secondary N) is 1. The Bertz CT molecular complexity index is 1520. The fraction of sp³-hybridized carbons (Fsp3) is 0.148. The molecule has 186 valence electrons. The van der Waals surface area contributed by atoms with Gasteiger partial charge in [0.2, 0.25) is 15.6 Å². The zero-order valence-electron chi connectivity index (χ0n) is 20.3. The minimum atomic E-state index is -4.08. The number of aryl methyl sites for hydroxylation is 2. The van der Waals surface area contributed by atoms with Crippen LogP contribution >= 0.6 is 11.3 Å². The molecule has 7 nitrogen and oxygen atoms in total. The number of sulfone groups is 1. The second-order valence-corrected chi connectivity index (χ2v) is 11.1. The monoisotopic (exact) mass is 522 g/mol. The summed E-state index contributed by atoms with van der Waals surface area (Å²) in [6.07, 6.45) is 0. The number of nitrogens with two attached hydrogens (primary N) is 1. The number of rotatable bonds is 8. The van der Waals surface area contributed by atoms with E-state index in [2.05, 4.69) is 5.32 Å². The van der Waals surface area contributed by atoms with Crippen molar-refractivity contribution in [2.24, 2.45) is 0 Å². The van der Waals surface area contributed by atoms with Crippen molar-refractivity contribution in [2.45, 2.75) is 23.6 Å². The van der Waals surface area contributed by atoms with Crippen molar-refractivity contribution >= 4 is 43.3 Å². The predicted octanol–water partition coefficient (Wildman–Crippen LogP) is 5.77. The van der Waals surface area contributed by atoms with Crippen LogP contribution in [-0.2, 0) is 9.84 Å². The normalized spacial score (nSPS) is 11.2. The number of hydrogen-bond acceptors (Lipinski definition) is 8. The van der Waals surface area contributed by atoms with Gasteiger partial charge in [-0.2, -0.15) is 0 Å². The molecule has 0 aliphatic carbocycles. The molecule has 0 unspecified atom stereocenters. The Kier molecular flexibility index (Phi) is 7.05. The molecule has 0 fully saturated rings. The Morgan fingerprint density at radius 2 is 1.47 bits per heavy atom. The highest BCUT2D eigenvalue weighted by Crippen LogP contribution is 2.44. The van der Waals surface area contributed by atoms with Crippen LogP contribution in [-0.4, -0.2) is 28.4 Å². The summed E-state index contributed by atoms with van der Waals surface area (Å²) in [6, 6.07) is 18.4. The van der Waals surface area contributed by atoms with Crippen molar-refractivity contribution in [1.29, 1.82) is 0 Å². The van der Waals surface area contributed by atoms with Gasteiger partial charge in [-0.15, -0.1) is 11.3 Å². The number of carbonyl (C=O) groups excluding carboxylic acids is 1. The lowest BCUT2D eigenvalue weighted by molar-refractivity contribution is 0.104. The Labute approximate surface area is 214 Å². The Morgan fingerprint density at radius 1 is 0.889 bits per heavy atom. The quantitative estimate of drug-likeness (QED) is 0.283. The van der Waals surface area contributed by atoms with E-state index in [1.807, 2.05) is 32.0 Å². The van der Waals surface area contributed by atoms with Crippen molar-refractivity contribution in [3.63, 3.8) is 0 Å². The van der Waals surface area contributed by atoms with Gasteiger partial charge in [-0.1, -0.05) is 12.1 Å². The lowest BCUT2D eigenvalue weighted by atomic mass is 10.1. The third-order valence-corrected chi connectivity index (χ3v) is 8.84. The summed E-state index contributed by atoms with van der Waals surface area (Å²) in [4.78, 5) is 13.5. The van der Waals surface area contributed by atoms with E-state index in [1.54, 1.807) is 36.4 Å². The van der Waals surface area contributed by atoms with Gasteiger partial charge >= 0.3 is 0 Å². The number of ether oxygens (including phenoxy) is 2. The molecule has 0 saturated carbocycles. The smallest absolute Gasteiger partial charge is 0.211 e. The number of ketones is 1. The molecule has 0 atom stereocenters. The van der Waals surface area contributed by atoms with Crippen LogP contribution in [0, 0.1) is 13.8 Å². The largest absolute Gasteiger partial charge is 0.497 e. The van der Waals surface area contributed by atoms with Gasteiger partial charge in [-0.3, -0.25) is 4.79 Å². The molecule has 4 rings (SSSR count). The van der Waals surface area contributed by atoms with E-state index >= 15 is 0 Å². The molecule has 36 heavy (non-hydrogen) atoms. The van der Waals surface area contributed by atoms with Gasteiger partial charge in [-0.05, 0) is 79.6 Å². The van der Waals surface area contributed by atoms with E-state index in [0.29, 0.717) is 17.1 Å². The first-order chi connectivity index (χ1) is 17.1. The summed E-state index contributed by atoms with van der Waals surface area (Å²) in [7, 11) is -1.04. The highest BCUT2D eigenvalue weighted by Gasteiger charge is 2.32. The maximum atomic E-state index is 13.8. The standard InChI is InChI=1S/C27H26N2O5S2/c1-16-5-6-17(2)22(15-16)29-27-26(36(31,32)21-13-11-20(34-4)12-14-21)23(28)25(35-27)24(30)18-7-9-19(33-3)10-8-18/h5-15,29H,28H2,1-4H3. The van der Waals surface area contributed by atoms with E-state index in [4.69, 9.17) is 15.2 Å². The topological polar surface area (TPSA) is 108 Å². The third-order valence-electron chi connectivity index (χ3n) is 5.74. The number of benzene rings is 3. The highest BCUT2D eigenvalue weighted by molar-refractivity contribution is 7.92. The zero-order valence-corrected chi connectivity index (χ0v) is 21.9. The lowest BCUT2D eigenvalue weighted by Gasteiger charge is -2.12. The van der Waals surface area contributed by atoms with Gasteiger partial charge in [0.1, 0.15) is 26.3 Å². The molecule has 0 saturated heterocycles. The fourth-order valence-corrected chi connectivity index (χ4v) is 6.61. The minimum Gasteiger partial charge on any atom is -0.497 e. The van der Waals surface area contributed by atoms with E-state index < -0.39 is 9.84 Å². The van der Waals surface area contributed by atoms with Crippen LogP contribution in [0.3, 0.4) is 0 Å². The molecule has 0 radical (unpaired) electrons. The van der Waals surface area contributed by atoms with Crippen LogP contribution < -0.4 is 20.5 Å². The van der Waals surface area contributed by atoms with Gasteiger partial charge < -0.3 is 20.5 Å². The van der Waals surface area contributed by atoms with Crippen molar-refractivity contribution in [2.75, 3.05) is 25.3 Å². The fourth-order valence-electron chi connectivity index (χ4n) is 3.69. The van der Waals surface area contributed by atoms with Crippen molar-refractivity contribution < 1.29 is 22.7 Å². The minimum absolute atomic E-state index is 0.0419. The first-order valence-corrected chi connectivity index (χ1v) is 13.3. The maximum Gasteiger partial charge on any atom is 0.211 e. The number of thiophene rings is 1. The summed E-state index contributed by atoms with van der Waals surface area (Å²) < 4.78 is 37.9. The molecule has 9 heteroatoms. The Hall–Kier alpha value is -3.82. The van der Waals surface area contributed by atoms with Gasteiger partial charge in [0, 0.05) is 11.3 Å². The number of carbonyl (C=O) groups is 1. The number of methoxy groups -OCH3 is 2. The van der Waals surface area contributed by atoms with E-state index in [1.165, 1.54) is 26.4 Å². The van der Waals surface area contributed by atoms with Gasteiger partial charge in [0.05, 0.1) is 24.8 Å². The molecule has 0 aliphatic rings. The van der Waals surface area contributed by atoms with Gasteiger partial charge in [0.15, 0.2) is 0 Å². The molecular weight excluding hydrogens is 496 g/mol. The highest BCUT2D eigenvalue weighted by atomic mass is 32.2. The predicted molar refractivity (Wildman–Crippen MR) is 143 cm³/mol. The van der Waals surface area contributed by atoms with E-state index in [9.17, 15) is 13.2 Å². The molecule has 3 aromatic carbocycles. The number of hydrogen-bond donors (Lipinski definition) is 2. The molecule has 3 N–H and O–H groups in total. The molecule has 0 amide bonds. The van der Waals surface area contributed by atoms with Crippen LogP contribution in [0.5, 0.6) is 11.5 Å². The molecule has 1 aromatic heterocycles. The van der Waals surface area contributed by atoms with Crippen LogP contribution in [0.2, 0.25) is 0 Å². The molecule has 4 aromatic rings. The van der Waals surface area contributed by atoms with Crippen molar-refractivity contribution in [3.05, 3.63) is 88.3 Å². The second kappa shape index (κ2) is 10.0. The van der Waals surface area contributed by atoms with E-state index in [-0.39, 0.29) is 31.1 Å². The summed E-state index contributed by atoms with van der Waals surface area (Å²) in [6.45, 7) is 3.86. The SMILES string of the molecule is COc1ccc(C(=O)c2sc(Nc3cc(C)ccc3C)c(S(=O)(=O)c3ccc(OC)cc3)c2N)cc1. The summed E-state index contributed by atoms with van der Waals surface area (Å²) in [5, 5.41) is 3.50. The van der Waals surface area contributed by atoms with Crippen molar-refractivity contribution in [3.8, 4) is 11.5 Å². The van der Waals surface area contributed by atoms with Gasteiger partial charge in [-0.25, -0.2) is 8.42 Å². The Morgan fingerprint density at radius 3 is 2.06 bits per heavy atom. The average Bonchev–Trinajstić information content (AvgIpc) is 3.22. The van der Waals surface area contributed by atoms with Gasteiger partial charge in [0.25, 0.3) is 0 Å². The zero-order chi connectivity index (χ0) is 26.0. The van der Waals surface area contributed by atoms with Crippen LogP contribution in [0.4, 0.5) is 16.4 Å². The third kappa shape index (κ3) is 4.80. The molecule has 0 spiro atoms. The maximum absolute atomic E-state index is 13.8. The number of anilines is 3. The lowest BCUT2D eigenvalue weighted by Crippen LogP contribution is -2.08. The summed E-state index contributed by atoms with van der Waals surface area (Å²) in [5.41, 5.74) is 9.35. The molecule has 0 aliphatic heterocycles. The first kappa shape index (κ1) is 25.3. The van der Waals surface area contributed by atoms with Crippen molar-refractivity contribution in [1.82, 2.24) is 0 Å². The Balaban J connectivity index is 1.87. The van der Waals surface area contributed by atoms with E-state index in [0.717, 1.165) is 28.2 Å². The van der Waals surface area contributed by atoms with Crippen LogP contribution in [0.25, 0.3) is 0 Å². The molecule has 1 heterocycles. The molecule has 0 bridgehead atoms. The average molecular weight is 523 g/mol. The summed E-state index contributed by atoms with van der Waals surface area (Å²) in [5.74, 6) is 0.752. The number of nitrogen functional groups attached to an aromatic ring is 1. The van der Waals surface area contributed by atoms with Crippen LogP contribution in [0.15, 0.2) is 76.5 Å².